The SMILES string of the molecule is CSCCC(C)NS(=O)(=O)c1cc(Cl)cc(N)c1Br. The summed E-state index contributed by atoms with van der Waals surface area (Å²) in [6.45, 7) is 1.83. The van der Waals surface area contributed by atoms with E-state index in [0.717, 1.165) is 12.2 Å². The zero-order valence-electron chi connectivity index (χ0n) is 10.6. The van der Waals surface area contributed by atoms with Gasteiger partial charge in [-0.15, -0.1) is 0 Å². The lowest BCUT2D eigenvalue weighted by molar-refractivity contribution is 0.556. The summed E-state index contributed by atoms with van der Waals surface area (Å²) in [6, 6.07) is 2.73. The van der Waals surface area contributed by atoms with Gasteiger partial charge in [0, 0.05) is 16.8 Å². The molecule has 0 saturated heterocycles. The van der Waals surface area contributed by atoms with Crippen LogP contribution in [0.25, 0.3) is 0 Å². The molecule has 1 aromatic carbocycles. The van der Waals surface area contributed by atoms with E-state index >= 15 is 0 Å². The van der Waals surface area contributed by atoms with Crippen LogP contribution in [0.5, 0.6) is 0 Å². The number of rotatable bonds is 6. The Morgan fingerprint density at radius 3 is 2.74 bits per heavy atom. The highest BCUT2D eigenvalue weighted by Gasteiger charge is 2.22. The standard InChI is InChI=1S/C11H16BrClN2O2S2/c1-7(3-4-18-2)15-19(16,17)10-6-8(13)5-9(14)11(10)12/h5-7,15H,3-4,14H2,1-2H3. The van der Waals surface area contributed by atoms with Crippen molar-refractivity contribution in [1.29, 1.82) is 0 Å². The van der Waals surface area contributed by atoms with Gasteiger partial charge in [-0.1, -0.05) is 11.6 Å². The van der Waals surface area contributed by atoms with Gasteiger partial charge in [0.1, 0.15) is 0 Å². The third kappa shape index (κ3) is 4.82. The number of benzene rings is 1. The van der Waals surface area contributed by atoms with Crippen molar-refractivity contribution in [2.45, 2.75) is 24.3 Å². The number of halogens is 2. The highest BCUT2D eigenvalue weighted by atomic mass is 79.9. The fraction of sp³-hybridized carbons (Fsp3) is 0.455. The molecule has 8 heteroatoms. The summed E-state index contributed by atoms with van der Waals surface area (Å²) >= 11 is 10.7. The van der Waals surface area contributed by atoms with Crippen LogP contribution < -0.4 is 10.5 Å². The van der Waals surface area contributed by atoms with Crippen molar-refractivity contribution in [3.05, 3.63) is 21.6 Å². The summed E-state index contributed by atoms with van der Waals surface area (Å²) in [5.41, 5.74) is 6.00. The van der Waals surface area contributed by atoms with Crippen LogP contribution in [0.2, 0.25) is 5.02 Å². The predicted octanol–water partition coefficient (Wildman–Crippen LogP) is 3.10. The van der Waals surface area contributed by atoms with E-state index in [9.17, 15) is 8.42 Å². The minimum absolute atomic E-state index is 0.0634. The van der Waals surface area contributed by atoms with Gasteiger partial charge in [-0.25, -0.2) is 13.1 Å². The Labute approximate surface area is 131 Å². The van der Waals surface area contributed by atoms with Crippen molar-refractivity contribution in [3.63, 3.8) is 0 Å². The van der Waals surface area contributed by atoms with E-state index in [0.29, 0.717) is 10.2 Å². The Morgan fingerprint density at radius 2 is 2.16 bits per heavy atom. The molecule has 0 aliphatic rings. The van der Waals surface area contributed by atoms with Gasteiger partial charge in [0.05, 0.1) is 9.37 Å². The molecule has 1 rings (SSSR count). The lowest BCUT2D eigenvalue weighted by Crippen LogP contribution is -2.33. The van der Waals surface area contributed by atoms with Crippen molar-refractivity contribution in [3.8, 4) is 0 Å². The molecule has 0 saturated carbocycles. The quantitative estimate of drug-likeness (QED) is 0.736. The lowest BCUT2D eigenvalue weighted by atomic mass is 10.3. The monoisotopic (exact) mass is 386 g/mol. The van der Waals surface area contributed by atoms with Crippen LogP contribution in [-0.4, -0.2) is 26.5 Å². The Bertz CT molecular complexity index is 552. The van der Waals surface area contributed by atoms with Gasteiger partial charge < -0.3 is 5.73 Å². The molecule has 4 nitrogen and oxygen atoms in total. The molecule has 3 N–H and O–H groups in total. The van der Waals surface area contributed by atoms with Crippen LogP contribution in [0.1, 0.15) is 13.3 Å². The molecule has 108 valence electrons. The molecule has 1 atom stereocenters. The van der Waals surface area contributed by atoms with Crippen LogP contribution >= 0.6 is 39.3 Å². The van der Waals surface area contributed by atoms with Gasteiger partial charge in [-0.05, 0) is 53.4 Å². The summed E-state index contributed by atoms with van der Waals surface area (Å²) in [7, 11) is -3.64. The molecule has 1 unspecified atom stereocenters. The number of nitrogens with two attached hydrogens (primary N) is 1. The van der Waals surface area contributed by atoms with E-state index in [1.165, 1.54) is 12.1 Å². The average Bonchev–Trinajstić information content (AvgIpc) is 2.30. The number of thioether (sulfide) groups is 1. The molecule has 0 radical (unpaired) electrons. The average molecular weight is 388 g/mol. The molecule has 1 aromatic rings. The van der Waals surface area contributed by atoms with Crippen LogP contribution in [-0.2, 0) is 10.0 Å². The fourth-order valence-electron chi connectivity index (χ4n) is 1.46. The molecule has 0 bridgehead atoms. The van der Waals surface area contributed by atoms with Crippen molar-refractivity contribution >= 4 is 55.0 Å². The molecule has 0 heterocycles. The highest BCUT2D eigenvalue weighted by Crippen LogP contribution is 2.31. The molecule has 0 spiro atoms. The number of hydrogen-bond acceptors (Lipinski definition) is 4. The summed E-state index contributed by atoms with van der Waals surface area (Å²) in [4.78, 5) is 0.0634. The minimum atomic E-state index is -3.64. The van der Waals surface area contributed by atoms with Gasteiger partial charge >= 0.3 is 0 Å². The third-order valence-electron chi connectivity index (χ3n) is 2.43. The molecular weight excluding hydrogens is 372 g/mol. The van der Waals surface area contributed by atoms with E-state index in [1.807, 2.05) is 13.2 Å². The zero-order valence-corrected chi connectivity index (χ0v) is 14.6. The predicted molar refractivity (Wildman–Crippen MR) is 86.3 cm³/mol. The van der Waals surface area contributed by atoms with Crippen molar-refractivity contribution in [2.24, 2.45) is 0 Å². The zero-order chi connectivity index (χ0) is 14.6. The minimum Gasteiger partial charge on any atom is -0.398 e. The smallest absolute Gasteiger partial charge is 0.242 e. The molecule has 0 aliphatic carbocycles. The summed E-state index contributed by atoms with van der Waals surface area (Å²) < 4.78 is 27.5. The summed E-state index contributed by atoms with van der Waals surface area (Å²) in [5.74, 6) is 0.891. The number of anilines is 1. The van der Waals surface area contributed by atoms with Crippen molar-refractivity contribution < 1.29 is 8.42 Å². The first-order valence-electron chi connectivity index (χ1n) is 5.53. The Morgan fingerprint density at radius 1 is 1.53 bits per heavy atom. The van der Waals surface area contributed by atoms with Gasteiger partial charge in [0.25, 0.3) is 0 Å². The normalized spacial score (nSPS) is 13.5. The highest BCUT2D eigenvalue weighted by molar-refractivity contribution is 9.10. The maximum absolute atomic E-state index is 12.3. The lowest BCUT2D eigenvalue weighted by Gasteiger charge is -2.15. The van der Waals surface area contributed by atoms with E-state index in [2.05, 4.69) is 20.7 Å². The second kappa shape index (κ2) is 7.17. The summed E-state index contributed by atoms with van der Waals surface area (Å²) in [6.07, 6.45) is 2.74. The second-order valence-corrected chi connectivity index (χ2v) is 8.01. The number of hydrogen-bond donors (Lipinski definition) is 2. The van der Waals surface area contributed by atoms with Gasteiger partial charge in [0.2, 0.25) is 10.0 Å². The Balaban J connectivity index is 3.01. The van der Waals surface area contributed by atoms with Crippen LogP contribution in [0.3, 0.4) is 0 Å². The topological polar surface area (TPSA) is 72.2 Å². The Kier molecular flexibility index (Phi) is 6.46. The van der Waals surface area contributed by atoms with E-state index in [-0.39, 0.29) is 16.0 Å². The summed E-state index contributed by atoms with van der Waals surface area (Å²) in [5, 5.41) is 0.290. The Hall–Kier alpha value is 0.0500. The number of nitrogen functional groups attached to an aromatic ring is 1. The van der Waals surface area contributed by atoms with Crippen LogP contribution in [0.4, 0.5) is 5.69 Å². The molecule has 19 heavy (non-hydrogen) atoms. The first-order valence-corrected chi connectivity index (χ1v) is 9.58. The largest absolute Gasteiger partial charge is 0.398 e. The van der Waals surface area contributed by atoms with Gasteiger partial charge in [-0.3, -0.25) is 0 Å². The van der Waals surface area contributed by atoms with Crippen molar-refractivity contribution in [2.75, 3.05) is 17.7 Å². The van der Waals surface area contributed by atoms with Gasteiger partial charge in [-0.2, -0.15) is 11.8 Å². The van der Waals surface area contributed by atoms with Crippen LogP contribution in [0, 0.1) is 0 Å². The van der Waals surface area contributed by atoms with E-state index in [4.69, 9.17) is 17.3 Å². The first-order chi connectivity index (χ1) is 8.77. The van der Waals surface area contributed by atoms with Crippen molar-refractivity contribution in [1.82, 2.24) is 4.72 Å². The fourth-order valence-corrected chi connectivity index (χ4v) is 4.62. The maximum atomic E-state index is 12.3. The first kappa shape index (κ1) is 17.1. The van der Waals surface area contributed by atoms with Crippen LogP contribution in [0.15, 0.2) is 21.5 Å². The molecular formula is C11H16BrClN2O2S2. The third-order valence-corrected chi connectivity index (χ3v) is 6.06. The maximum Gasteiger partial charge on any atom is 0.242 e. The molecule has 0 aliphatic heterocycles. The molecule has 0 fully saturated rings. The van der Waals surface area contributed by atoms with E-state index in [1.54, 1.807) is 11.8 Å². The van der Waals surface area contributed by atoms with Gasteiger partial charge in [0.15, 0.2) is 0 Å². The number of sulfonamides is 1. The van der Waals surface area contributed by atoms with E-state index < -0.39 is 10.0 Å². The second-order valence-electron chi connectivity index (χ2n) is 4.11. The molecule has 0 amide bonds. The number of nitrogens with one attached hydrogen (secondary N) is 1. The molecule has 0 aromatic heterocycles.